The lowest BCUT2D eigenvalue weighted by molar-refractivity contribution is 0.415. The van der Waals surface area contributed by atoms with Crippen molar-refractivity contribution in [2.24, 2.45) is 5.73 Å². The average Bonchev–Trinajstić information content (AvgIpc) is 2.78. The van der Waals surface area contributed by atoms with Crippen LogP contribution in [0.5, 0.6) is 5.75 Å². The van der Waals surface area contributed by atoms with Crippen molar-refractivity contribution in [1.29, 1.82) is 0 Å². The second-order valence-corrected chi connectivity index (χ2v) is 4.47. The van der Waals surface area contributed by atoms with Crippen LogP contribution in [0.15, 0.2) is 24.3 Å². The number of rotatable bonds is 3. The fraction of sp³-hybridized carbons (Fsp3) is 0.273. The molecule has 0 bridgehead atoms. The number of aromatic nitrogens is 2. The standard InChI is InChI=1S/C11H13N3OS/c1-7(12)10-13-14-11(16-10)8-3-5-9(15-2)6-4-8/h3-7H,12H2,1-2H3/t7-/m1/s1. The topological polar surface area (TPSA) is 61.0 Å². The summed E-state index contributed by atoms with van der Waals surface area (Å²) in [5.74, 6) is 0.834. The minimum absolute atomic E-state index is 0.0653. The molecule has 0 amide bonds. The normalized spacial score (nSPS) is 12.4. The molecule has 0 aliphatic heterocycles. The number of hydrogen-bond acceptors (Lipinski definition) is 5. The predicted molar refractivity (Wildman–Crippen MR) is 64.5 cm³/mol. The second kappa shape index (κ2) is 4.59. The van der Waals surface area contributed by atoms with Crippen molar-refractivity contribution < 1.29 is 4.74 Å². The van der Waals surface area contributed by atoms with Crippen LogP contribution in [0.3, 0.4) is 0 Å². The molecule has 0 aliphatic rings. The summed E-state index contributed by atoms with van der Waals surface area (Å²) in [4.78, 5) is 0. The van der Waals surface area contributed by atoms with Gasteiger partial charge in [0.1, 0.15) is 15.8 Å². The summed E-state index contributed by atoms with van der Waals surface area (Å²) in [6.45, 7) is 1.90. The minimum Gasteiger partial charge on any atom is -0.497 e. The Morgan fingerprint density at radius 3 is 2.44 bits per heavy atom. The van der Waals surface area contributed by atoms with Gasteiger partial charge in [0.25, 0.3) is 0 Å². The smallest absolute Gasteiger partial charge is 0.147 e. The predicted octanol–water partition coefficient (Wildman–Crippen LogP) is 2.23. The highest BCUT2D eigenvalue weighted by molar-refractivity contribution is 7.14. The Labute approximate surface area is 98.1 Å². The zero-order chi connectivity index (χ0) is 11.5. The second-order valence-electron chi connectivity index (χ2n) is 3.46. The first-order chi connectivity index (χ1) is 7.70. The monoisotopic (exact) mass is 235 g/mol. The van der Waals surface area contributed by atoms with E-state index in [1.54, 1.807) is 7.11 Å². The molecule has 1 heterocycles. The summed E-state index contributed by atoms with van der Waals surface area (Å²) in [5.41, 5.74) is 6.77. The molecule has 0 unspecified atom stereocenters. The molecule has 2 N–H and O–H groups in total. The zero-order valence-electron chi connectivity index (χ0n) is 9.18. The Kier molecular flexibility index (Phi) is 3.17. The molecule has 1 aromatic carbocycles. The number of benzene rings is 1. The fourth-order valence-electron chi connectivity index (χ4n) is 1.27. The Morgan fingerprint density at radius 1 is 1.25 bits per heavy atom. The molecule has 0 fully saturated rings. The summed E-state index contributed by atoms with van der Waals surface area (Å²) in [6.07, 6.45) is 0. The van der Waals surface area contributed by atoms with Gasteiger partial charge in [0.15, 0.2) is 0 Å². The molecular weight excluding hydrogens is 222 g/mol. The van der Waals surface area contributed by atoms with Crippen LogP contribution < -0.4 is 10.5 Å². The van der Waals surface area contributed by atoms with E-state index in [0.717, 1.165) is 21.3 Å². The van der Waals surface area contributed by atoms with Crippen molar-refractivity contribution in [1.82, 2.24) is 10.2 Å². The lowest BCUT2D eigenvalue weighted by Crippen LogP contribution is -2.03. The highest BCUT2D eigenvalue weighted by Gasteiger charge is 2.09. The van der Waals surface area contributed by atoms with Crippen molar-refractivity contribution in [3.05, 3.63) is 29.3 Å². The fourth-order valence-corrected chi connectivity index (χ4v) is 2.07. The lowest BCUT2D eigenvalue weighted by atomic mass is 10.2. The maximum Gasteiger partial charge on any atom is 0.147 e. The third-order valence-corrected chi connectivity index (χ3v) is 3.34. The van der Waals surface area contributed by atoms with Gasteiger partial charge >= 0.3 is 0 Å². The Hall–Kier alpha value is -1.46. The van der Waals surface area contributed by atoms with Crippen LogP contribution in [-0.2, 0) is 0 Å². The largest absolute Gasteiger partial charge is 0.497 e. The maximum atomic E-state index is 5.74. The van der Waals surface area contributed by atoms with Crippen molar-refractivity contribution in [3.63, 3.8) is 0 Å². The van der Waals surface area contributed by atoms with Crippen LogP contribution in [0.2, 0.25) is 0 Å². The van der Waals surface area contributed by atoms with Gasteiger partial charge in [-0.2, -0.15) is 0 Å². The van der Waals surface area contributed by atoms with Crippen LogP contribution in [0, 0.1) is 0 Å². The van der Waals surface area contributed by atoms with E-state index < -0.39 is 0 Å². The lowest BCUT2D eigenvalue weighted by Gasteiger charge is -1.99. The van der Waals surface area contributed by atoms with Gasteiger partial charge in [-0.15, -0.1) is 10.2 Å². The molecule has 0 radical (unpaired) electrons. The van der Waals surface area contributed by atoms with Gasteiger partial charge < -0.3 is 10.5 Å². The van der Waals surface area contributed by atoms with E-state index in [4.69, 9.17) is 10.5 Å². The number of nitrogens with zero attached hydrogens (tertiary/aromatic N) is 2. The van der Waals surface area contributed by atoms with E-state index in [9.17, 15) is 0 Å². The Morgan fingerprint density at radius 2 is 1.94 bits per heavy atom. The SMILES string of the molecule is COc1ccc(-c2nnc([C@@H](C)N)s2)cc1. The van der Waals surface area contributed by atoms with E-state index in [-0.39, 0.29) is 6.04 Å². The highest BCUT2D eigenvalue weighted by atomic mass is 32.1. The quantitative estimate of drug-likeness (QED) is 0.886. The Bertz CT molecular complexity index is 464. The van der Waals surface area contributed by atoms with Gasteiger partial charge in [-0.3, -0.25) is 0 Å². The third kappa shape index (κ3) is 2.20. The van der Waals surface area contributed by atoms with Crippen LogP contribution in [0.1, 0.15) is 18.0 Å². The first-order valence-electron chi connectivity index (χ1n) is 4.94. The minimum atomic E-state index is -0.0653. The van der Waals surface area contributed by atoms with Gasteiger partial charge in [-0.1, -0.05) is 11.3 Å². The summed E-state index contributed by atoms with van der Waals surface area (Å²) in [7, 11) is 1.65. The first kappa shape index (κ1) is 11.0. The van der Waals surface area contributed by atoms with E-state index in [1.807, 2.05) is 31.2 Å². The van der Waals surface area contributed by atoms with Crippen LogP contribution in [-0.4, -0.2) is 17.3 Å². The molecule has 0 saturated heterocycles. The first-order valence-corrected chi connectivity index (χ1v) is 5.76. The molecule has 2 aromatic rings. The molecule has 1 aromatic heterocycles. The molecule has 5 heteroatoms. The average molecular weight is 235 g/mol. The number of ether oxygens (including phenoxy) is 1. The van der Waals surface area contributed by atoms with Crippen molar-refractivity contribution >= 4 is 11.3 Å². The van der Waals surface area contributed by atoms with E-state index in [2.05, 4.69) is 10.2 Å². The number of methoxy groups -OCH3 is 1. The maximum absolute atomic E-state index is 5.74. The van der Waals surface area contributed by atoms with E-state index in [0.29, 0.717) is 0 Å². The van der Waals surface area contributed by atoms with Crippen molar-refractivity contribution in [2.45, 2.75) is 13.0 Å². The molecule has 2 rings (SSSR count). The van der Waals surface area contributed by atoms with Gasteiger partial charge in [0.2, 0.25) is 0 Å². The van der Waals surface area contributed by atoms with E-state index in [1.165, 1.54) is 11.3 Å². The van der Waals surface area contributed by atoms with Gasteiger partial charge in [-0.25, -0.2) is 0 Å². The molecule has 0 spiro atoms. The van der Waals surface area contributed by atoms with Crippen molar-refractivity contribution in [2.75, 3.05) is 7.11 Å². The molecule has 0 saturated carbocycles. The van der Waals surface area contributed by atoms with Crippen LogP contribution >= 0.6 is 11.3 Å². The number of nitrogens with two attached hydrogens (primary N) is 1. The molecular formula is C11H13N3OS. The molecule has 84 valence electrons. The highest BCUT2D eigenvalue weighted by Crippen LogP contribution is 2.27. The van der Waals surface area contributed by atoms with Crippen LogP contribution in [0.25, 0.3) is 10.6 Å². The molecule has 0 aliphatic carbocycles. The van der Waals surface area contributed by atoms with Gasteiger partial charge in [0, 0.05) is 5.56 Å². The van der Waals surface area contributed by atoms with E-state index >= 15 is 0 Å². The van der Waals surface area contributed by atoms with Crippen molar-refractivity contribution in [3.8, 4) is 16.3 Å². The van der Waals surface area contributed by atoms with Gasteiger partial charge in [0.05, 0.1) is 13.2 Å². The summed E-state index contributed by atoms with van der Waals surface area (Å²) in [6, 6.07) is 7.67. The third-order valence-electron chi connectivity index (χ3n) is 2.17. The summed E-state index contributed by atoms with van der Waals surface area (Å²) >= 11 is 1.52. The zero-order valence-corrected chi connectivity index (χ0v) is 9.99. The summed E-state index contributed by atoms with van der Waals surface area (Å²) < 4.78 is 5.10. The van der Waals surface area contributed by atoms with Gasteiger partial charge in [-0.05, 0) is 31.2 Å². The summed E-state index contributed by atoms with van der Waals surface area (Å²) in [5, 5.41) is 9.89. The Balaban J connectivity index is 2.28. The van der Waals surface area contributed by atoms with Crippen LogP contribution in [0.4, 0.5) is 0 Å². The molecule has 16 heavy (non-hydrogen) atoms. The molecule has 4 nitrogen and oxygen atoms in total. The number of hydrogen-bond donors (Lipinski definition) is 1. The molecule has 1 atom stereocenters.